The monoisotopic (exact) mass is 439 g/mol. The summed E-state index contributed by atoms with van der Waals surface area (Å²) in [5.74, 6) is -1.61. The van der Waals surface area contributed by atoms with Gasteiger partial charge in [-0.25, -0.2) is 0 Å². The minimum absolute atomic E-state index is 0.0122. The molecule has 1 aliphatic rings. The maximum atomic E-state index is 13.5. The minimum Gasteiger partial charge on any atom is -0.503 e. The number of ether oxygens (including phenoxy) is 1. The Kier molecular flexibility index (Phi) is 5.85. The normalized spacial score (nSPS) is 16.5. The van der Waals surface area contributed by atoms with Crippen LogP contribution in [0.1, 0.15) is 34.1 Å². The number of carbonyl (C=O) groups excluding carboxylic acids is 2. The van der Waals surface area contributed by atoms with Crippen LogP contribution in [-0.2, 0) is 9.53 Å². The fraction of sp³-hybridized carbons (Fsp3) is 0.250. The molecule has 1 amide bonds. The Balaban J connectivity index is 1.78. The van der Waals surface area contributed by atoms with Gasteiger partial charge in [0.05, 0.1) is 11.6 Å². The third-order valence-electron chi connectivity index (χ3n) is 5.36. The van der Waals surface area contributed by atoms with Gasteiger partial charge in [0.25, 0.3) is 5.91 Å². The van der Waals surface area contributed by atoms with Crippen molar-refractivity contribution in [2.24, 2.45) is 0 Å². The van der Waals surface area contributed by atoms with E-state index >= 15 is 0 Å². The molecule has 6 nitrogen and oxygen atoms in total. The van der Waals surface area contributed by atoms with Gasteiger partial charge in [-0.3, -0.25) is 9.59 Å². The van der Waals surface area contributed by atoms with Gasteiger partial charge in [-0.15, -0.1) is 0 Å². The maximum Gasteiger partial charge on any atom is 0.290 e. The second-order valence-electron chi connectivity index (χ2n) is 7.55. The highest BCUT2D eigenvalue weighted by Crippen LogP contribution is 2.40. The number of carbonyl (C=O) groups is 2. The van der Waals surface area contributed by atoms with E-state index in [1.165, 1.54) is 4.90 Å². The second-order valence-corrected chi connectivity index (χ2v) is 7.98. The molecule has 1 unspecified atom stereocenters. The lowest BCUT2D eigenvalue weighted by Crippen LogP contribution is -2.32. The number of ketones is 1. The topological polar surface area (TPSA) is 80.0 Å². The van der Waals surface area contributed by atoms with Gasteiger partial charge in [-0.2, -0.15) is 0 Å². The number of aliphatic hydroxyl groups excluding tert-OH is 1. The van der Waals surface area contributed by atoms with Gasteiger partial charge < -0.3 is 19.2 Å². The van der Waals surface area contributed by atoms with Gasteiger partial charge in [0.1, 0.15) is 5.58 Å². The molecule has 160 valence electrons. The number of halogens is 1. The van der Waals surface area contributed by atoms with Crippen molar-refractivity contribution >= 4 is 34.3 Å². The lowest BCUT2D eigenvalue weighted by Gasteiger charge is -2.26. The van der Waals surface area contributed by atoms with E-state index in [0.717, 1.165) is 11.1 Å². The molecule has 3 aromatic rings. The standard InChI is InChI=1S/C24H22ClNO5/c1-14-5-3-6-15(11-14)21-20(23(28)24(29)26(21)9-4-10-30-2)22(27)19-13-16-12-17(25)7-8-18(16)31-19/h3,5-8,11-13,21,28H,4,9-10H2,1-2H3. The number of fused-ring (bicyclic) bond motifs is 1. The molecule has 0 radical (unpaired) electrons. The van der Waals surface area contributed by atoms with Crippen molar-refractivity contribution in [3.63, 3.8) is 0 Å². The van der Waals surface area contributed by atoms with Gasteiger partial charge in [0.2, 0.25) is 5.78 Å². The quantitative estimate of drug-likeness (QED) is 0.413. The van der Waals surface area contributed by atoms with E-state index in [4.69, 9.17) is 20.8 Å². The summed E-state index contributed by atoms with van der Waals surface area (Å²) in [5.41, 5.74) is 2.25. The van der Waals surface area contributed by atoms with Gasteiger partial charge >= 0.3 is 0 Å². The van der Waals surface area contributed by atoms with Gasteiger partial charge in [-0.05, 0) is 43.2 Å². The average molecular weight is 440 g/mol. The Morgan fingerprint density at radius 3 is 2.77 bits per heavy atom. The number of furan rings is 1. The van der Waals surface area contributed by atoms with Crippen LogP contribution in [0.3, 0.4) is 0 Å². The highest BCUT2D eigenvalue weighted by molar-refractivity contribution is 6.31. The Labute approximate surface area is 184 Å². The van der Waals surface area contributed by atoms with Crippen molar-refractivity contribution < 1.29 is 23.8 Å². The summed E-state index contributed by atoms with van der Waals surface area (Å²) in [6.45, 7) is 2.73. The molecule has 31 heavy (non-hydrogen) atoms. The summed E-state index contributed by atoms with van der Waals surface area (Å²) in [5, 5.41) is 11.9. The van der Waals surface area contributed by atoms with E-state index in [9.17, 15) is 14.7 Å². The summed E-state index contributed by atoms with van der Waals surface area (Å²) < 4.78 is 10.8. The third kappa shape index (κ3) is 3.96. The fourth-order valence-electron chi connectivity index (χ4n) is 3.94. The predicted molar refractivity (Wildman–Crippen MR) is 117 cm³/mol. The number of aryl methyl sites for hydroxylation is 1. The molecule has 1 N–H and O–H groups in total. The maximum absolute atomic E-state index is 13.5. The number of nitrogens with zero attached hydrogens (tertiary/aromatic N) is 1. The third-order valence-corrected chi connectivity index (χ3v) is 5.59. The second kappa shape index (κ2) is 8.57. The Morgan fingerprint density at radius 2 is 2.03 bits per heavy atom. The van der Waals surface area contributed by atoms with Crippen LogP contribution in [0.25, 0.3) is 11.0 Å². The van der Waals surface area contributed by atoms with Crippen molar-refractivity contribution in [3.8, 4) is 0 Å². The SMILES string of the molecule is COCCCN1C(=O)C(O)=C(C(=O)c2cc3cc(Cl)ccc3o2)C1c1cccc(C)c1. The van der Waals surface area contributed by atoms with Crippen LogP contribution in [-0.4, -0.2) is 42.0 Å². The van der Waals surface area contributed by atoms with E-state index in [-0.39, 0.29) is 11.3 Å². The number of Topliss-reactive ketones (excluding diaryl/α,β-unsaturated/α-hetero) is 1. The van der Waals surface area contributed by atoms with E-state index in [2.05, 4.69) is 0 Å². The molecule has 0 spiro atoms. The summed E-state index contributed by atoms with van der Waals surface area (Å²) in [6.07, 6.45) is 0.572. The Morgan fingerprint density at radius 1 is 1.23 bits per heavy atom. The number of methoxy groups -OCH3 is 1. The molecule has 0 saturated carbocycles. The molecule has 1 aromatic heterocycles. The largest absolute Gasteiger partial charge is 0.503 e. The highest BCUT2D eigenvalue weighted by atomic mass is 35.5. The van der Waals surface area contributed by atoms with Crippen molar-refractivity contribution in [3.05, 3.63) is 81.8 Å². The molecule has 4 rings (SSSR count). The number of amides is 1. The molecule has 2 heterocycles. The highest BCUT2D eigenvalue weighted by Gasteiger charge is 2.44. The first-order valence-electron chi connectivity index (χ1n) is 9.94. The zero-order chi connectivity index (χ0) is 22.1. The Hall–Kier alpha value is -3.09. The smallest absolute Gasteiger partial charge is 0.290 e. The zero-order valence-corrected chi connectivity index (χ0v) is 18.0. The first-order valence-corrected chi connectivity index (χ1v) is 10.3. The molecule has 2 aromatic carbocycles. The van der Waals surface area contributed by atoms with Gasteiger partial charge in [0, 0.05) is 30.7 Å². The van der Waals surface area contributed by atoms with Gasteiger partial charge in [-0.1, -0.05) is 41.4 Å². The van der Waals surface area contributed by atoms with Crippen LogP contribution in [0.15, 0.2) is 64.3 Å². The summed E-state index contributed by atoms with van der Waals surface area (Å²) >= 11 is 6.04. The lowest BCUT2D eigenvalue weighted by molar-refractivity contribution is -0.129. The molecular formula is C24H22ClNO5. The lowest BCUT2D eigenvalue weighted by atomic mass is 9.94. The number of rotatable bonds is 7. The predicted octanol–water partition coefficient (Wildman–Crippen LogP) is 5.01. The van der Waals surface area contributed by atoms with Crippen LogP contribution in [0, 0.1) is 6.92 Å². The zero-order valence-electron chi connectivity index (χ0n) is 17.2. The van der Waals surface area contributed by atoms with Crippen molar-refractivity contribution in [2.45, 2.75) is 19.4 Å². The molecule has 0 aliphatic carbocycles. The molecule has 0 saturated heterocycles. The van der Waals surface area contributed by atoms with E-state index in [1.54, 1.807) is 31.4 Å². The number of hydrogen-bond donors (Lipinski definition) is 1. The number of hydrogen-bond acceptors (Lipinski definition) is 5. The van der Waals surface area contributed by atoms with Crippen molar-refractivity contribution in [1.29, 1.82) is 0 Å². The van der Waals surface area contributed by atoms with Crippen LogP contribution < -0.4 is 0 Å². The molecular weight excluding hydrogens is 418 g/mol. The summed E-state index contributed by atoms with van der Waals surface area (Å²) in [6, 6.07) is 13.5. The molecule has 7 heteroatoms. The minimum atomic E-state index is -0.714. The van der Waals surface area contributed by atoms with Crippen LogP contribution in [0.5, 0.6) is 0 Å². The average Bonchev–Trinajstić information content (AvgIpc) is 3.27. The fourth-order valence-corrected chi connectivity index (χ4v) is 4.12. The summed E-state index contributed by atoms with van der Waals surface area (Å²) in [4.78, 5) is 27.9. The Bertz CT molecular complexity index is 1200. The first kappa shape index (κ1) is 21.2. The molecule has 0 fully saturated rings. The van der Waals surface area contributed by atoms with Crippen molar-refractivity contribution in [2.75, 3.05) is 20.3 Å². The van der Waals surface area contributed by atoms with E-state index < -0.39 is 23.5 Å². The van der Waals surface area contributed by atoms with E-state index in [1.807, 2.05) is 31.2 Å². The van der Waals surface area contributed by atoms with Crippen LogP contribution in [0.2, 0.25) is 5.02 Å². The summed E-state index contributed by atoms with van der Waals surface area (Å²) in [7, 11) is 1.59. The van der Waals surface area contributed by atoms with Crippen molar-refractivity contribution in [1.82, 2.24) is 4.90 Å². The van der Waals surface area contributed by atoms with E-state index in [0.29, 0.717) is 35.6 Å². The van der Waals surface area contributed by atoms with Gasteiger partial charge in [0.15, 0.2) is 11.5 Å². The number of aliphatic hydroxyl groups is 1. The molecule has 1 atom stereocenters. The van der Waals surface area contributed by atoms with Crippen LogP contribution >= 0.6 is 11.6 Å². The first-order chi connectivity index (χ1) is 14.9. The number of benzene rings is 2. The van der Waals surface area contributed by atoms with Crippen LogP contribution in [0.4, 0.5) is 0 Å². The molecule has 0 bridgehead atoms. The molecule has 1 aliphatic heterocycles.